The molecule has 0 saturated heterocycles. The molecule has 5 nitrogen and oxygen atoms in total. The van der Waals surface area contributed by atoms with Crippen LogP contribution in [0.2, 0.25) is 5.02 Å². The molecule has 0 bridgehead atoms. The fourth-order valence-corrected chi connectivity index (χ4v) is 2.11. The summed E-state index contributed by atoms with van der Waals surface area (Å²) in [5.41, 5.74) is -0.468. The molecule has 2 aromatic carbocycles. The molecule has 0 saturated carbocycles. The zero-order chi connectivity index (χ0) is 18.4. The molecule has 0 aliphatic rings. The second-order valence-electron chi connectivity index (χ2n) is 4.91. The number of urea groups is 1. The highest BCUT2D eigenvalue weighted by atomic mass is 35.5. The van der Waals surface area contributed by atoms with Crippen LogP contribution in [0.15, 0.2) is 48.5 Å². The van der Waals surface area contributed by atoms with Gasteiger partial charge < -0.3 is 10.6 Å². The number of para-hydroxylation sites is 1. The van der Waals surface area contributed by atoms with Gasteiger partial charge in [0, 0.05) is 11.4 Å². The van der Waals surface area contributed by atoms with Gasteiger partial charge in [0.2, 0.25) is 5.91 Å². The summed E-state index contributed by atoms with van der Waals surface area (Å²) >= 11 is 5.51. The molecule has 0 atom stereocenters. The van der Waals surface area contributed by atoms with E-state index < -0.39 is 28.7 Å². The Hall–Kier alpha value is -2.74. The van der Waals surface area contributed by atoms with E-state index in [9.17, 15) is 22.8 Å². The Kier molecular flexibility index (Phi) is 5.87. The molecular formula is C16H13ClF3N3O2. The predicted molar refractivity (Wildman–Crippen MR) is 88.5 cm³/mol. The summed E-state index contributed by atoms with van der Waals surface area (Å²) in [6.45, 7) is -0.388. The van der Waals surface area contributed by atoms with E-state index in [-0.39, 0.29) is 12.2 Å². The van der Waals surface area contributed by atoms with Gasteiger partial charge in [-0.1, -0.05) is 29.8 Å². The highest BCUT2D eigenvalue weighted by molar-refractivity contribution is 6.31. The normalized spacial score (nSPS) is 10.9. The third-order valence-electron chi connectivity index (χ3n) is 3.01. The van der Waals surface area contributed by atoms with E-state index in [1.165, 1.54) is 6.07 Å². The second-order valence-corrected chi connectivity index (χ2v) is 5.32. The second kappa shape index (κ2) is 7.89. The smallest absolute Gasteiger partial charge is 0.376 e. The zero-order valence-corrected chi connectivity index (χ0v) is 13.4. The number of rotatable bonds is 4. The Balaban J connectivity index is 1.89. The molecule has 3 N–H and O–H groups in total. The molecule has 0 fully saturated rings. The summed E-state index contributed by atoms with van der Waals surface area (Å²) in [4.78, 5) is 23.3. The molecule has 0 aliphatic carbocycles. The number of imide groups is 1. The average molecular weight is 372 g/mol. The number of carbonyl (C=O) groups is 2. The van der Waals surface area contributed by atoms with E-state index >= 15 is 0 Å². The molecule has 25 heavy (non-hydrogen) atoms. The van der Waals surface area contributed by atoms with Crippen LogP contribution in [0.25, 0.3) is 0 Å². The summed E-state index contributed by atoms with van der Waals surface area (Å²) in [5.74, 6) is -0.711. The maximum absolute atomic E-state index is 12.8. The van der Waals surface area contributed by atoms with E-state index in [1.807, 2.05) is 0 Å². The van der Waals surface area contributed by atoms with Crippen LogP contribution in [0.5, 0.6) is 0 Å². The van der Waals surface area contributed by atoms with Crippen LogP contribution in [0.1, 0.15) is 5.56 Å². The first-order chi connectivity index (χ1) is 11.8. The van der Waals surface area contributed by atoms with Gasteiger partial charge in [-0.2, -0.15) is 13.2 Å². The van der Waals surface area contributed by atoms with Crippen LogP contribution in [-0.2, 0) is 11.0 Å². The minimum Gasteiger partial charge on any atom is -0.376 e. The predicted octanol–water partition coefficient (Wildman–Crippen LogP) is 4.12. The Bertz CT molecular complexity index is 767. The van der Waals surface area contributed by atoms with Gasteiger partial charge in [0.25, 0.3) is 0 Å². The van der Waals surface area contributed by atoms with E-state index in [0.717, 1.165) is 12.1 Å². The largest absolute Gasteiger partial charge is 0.417 e. The fourth-order valence-electron chi connectivity index (χ4n) is 1.89. The summed E-state index contributed by atoms with van der Waals surface area (Å²) in [7, 11) is 0. The van der Waals surface area contributed by atoms with Crippen molar-refractivity contribution in [2.24, 2.45) is 0 Å². The molecule has 2 aromatic rings. The number of hydrogen-bond donors (Lipinski definition) is 3. The third-order valence-corrected chi connectivity index (χ3v) is 3.34. The minimum atomic E-state index is -4.60. The first-order valence-corrected chi connectivity index (χ1v) is 7.40. The van der Waals surface area contributed by atoms with Crippen molar-refractivity contribution in [3.05, 3.63) is 59.1 Å². The molecule has 0 spiro atoms. The SMILES string of the molecule is O=C(CNc1ccc(Cl)c(C(F)(F)F)c1)NC(=O)Nc1ccccc1. The van der Waals surface area contributed by atoms with Gasteiger partial charge in [-0.3, -0.25) is 10.1 Å². The van der Waals surface area contributed by atoms with Gasteiger partial charge in [-0.25, -0.2) is 4.79 Å². The maximum atomic E-state index is 12.8. The highest BCUT2D eigenvalue weighted by Crippen LogP contribution is 2.36. The van der Waals surface area contributed by atoms with Crippen LogP contribution < -0.4 is 16.0 Å². The molecule has 132 valence electrons. The van der Waals surface area contributed by atoms with E-state index in [2.05, 4.69) is 16.0 Å². The number of anilines is 2. The zero-order valence-electron chi connectivity index (χ0n) is 12.7. The van der Waals surface area contributed by atoms with Gasteiger partial charge >= 0.3 is 12.2 Å². The molecule has 9 heteroatoms. The number of amides is 3. The Labute approximate surface area is 146 Å². The molecule has 3 amide bonds. The van der Waals surface area contributed by atoms with E-state index in [1.54, 1.807) is 30.3 Å². The minimum absolute atomic E-state index is 0.0512. The topological polar surface area (TPSA) is 70.2 Å². The van der Waals surface area contributed by atoms with Crippen molar-refractivity contribution < 1.29 is 22.8 Å². The lowest BCUT2D eigenvalue weighted by atomic mass is 10.2. The quantitative estimate of drug-likeness (QED) is 0.757. The van der Waals surface area contributed by atoms with Gasteiger partial charge in [-0.05, 0) is 30.3 Å². The van der Waals surface area contributed by atoms with Crippen molar-refractivity contribution in [1.29, 1.82) is 0 Å². The molecule has 0 aliphatic heterocycles. The van der Waals surface area contributed by atoms with Crippen molar-refractivity contribution in [2.45, 2.75) is 6.18 Å². The van der Waals surface area contributed by atoms with E-state index in [0.29, 0.717) is 5.69 Å². The maximum Gasteiger partial charge on any atom is 0.417 e. The lowest BCUT2D eigenvalue weighted by Gasteiger charge is -2.12. The number of alkyl halides is 3. The monoisotopic (exact) mass is 371 g/mol. The molecule has 0 heterocycles. The molecule has 0 unspecified atom stereocenters. The van der Waals surface area contributed by atoms with Crippen molar-refractivity contribution in [2.75, 3.05) is 17.2 Å². The van der Waals surface area contributed by atoms with Gasteiger partial charge in [0.05, 0.1) is 17.1 Å². The number of carbonyl (C=O) groups excluding carboxylic acids is 2. The van der Waals surface area contributed by atoms with E-state index in [4.69, 9.17) is 11.6 Å². The molecule has 0 aromatic heterocycles. The van der Waals surface area contributed by atoms with Crippen LogP contribution in [0.3, 0.4) is 0 Å². The summed E-state index contributed by atoms with van der Waals surface area (Å²) < 4.78 is 38.3. The van der Waals surface area contributed by atoms with Crippen LogP contribution in [0, 0.1) is 0 Å². The number of nitrogens with one attached hydrogen (secondary N) is 3. The van der Waals surface area contributed by atoms with Gasteiger partial charge in [0.15, 0.2) is 0 Å². The highest BCUT2D eigenvalue weighted by Gasteiger charge is 2.33. The summed E-state index contributed by atoms with van der Waals surface area (Å²) in [6, 6.07) is 10.9. The third kappa shape index (κ3) is 5.68. The van der Waals surface area contributed by atoms with Crippen molar-refractivity contribution in [1.82, 2.24) is 5.32 Å². The molecule has 0 radical (unpaired) electrons. The summed E-state index contributed by atoms with van der Waals surface area (Å²) in [6.07, 6.45) is -4.60. The number of halogens is 4. The van der Waals surface area contributed by atoms with Crippen LogP contribution >= 0.6 is 11.6 Å². The number of benzene rings is 2. The Morgan fingerprint density at radius 1 is 1.00 bits per heavy atom. The van der Waals surface area contributed by atoms with Crippen molar-refractivity contribution in [3.63, 3.8) is 0 Å². The summed E-state index contributed by atoms with van der Waals surface area (Å²) in [5, 5.41) is 6.56. The standard InChI is InChI=1S/C16H13ClF3N3O2/c17-13-7-6-11(8-12(13)16(18,19)20)21-9-14(24)23-15(25)22-10-4-2-1-3-5-10/h1-8,21H,9H2,(H2,22,23,24,25). The van der Waals surface area contributed by atoms with Crippen LogP contribution in [-0.4, -0.2) is 18.5 Å². The first kappa shape index (κ1) is 18.6. The number of hydrogen-bond acceptors (Lipinski definition) is 3. The van der Waals surface area contributed by atoms with Crippen molar-refractivity contribution in [3.8, 4) is 0 Å². The Morgan fingerprint density at radius 3 is 2.32 bits per heavy atom. The first-order valence-electron chi connectivity index (χ1n) is 7.02. The van der Waals surface area contributed by atoms with Crippen LogP contribution in [0.4, 0.5) is 29.3 Å². The molecule has 2 rings (SSSR count). The lowest BCUT2D eigenvalue weighted by molar-refractivity contribution is -0.137. The van der Waals surface area contributed by atoms with Gasteiger partial charge in [-0.15, -0.1) is 0 Å². The van der Waals surface area contributed by atoms with Gasteiger partial charge in [0.1, 0.15) is 0 Å². The molecular weight excluding hydrogens is 359 g/mol. The fraction of sp³-hybridized carbons (Fsp3) is 0.125. The van der Waals surface area contributed by atoms with Crippen molar-refractivity contribution >= 4 is 34.9 Å². The lowest BCUT2D eigenvalue weighted by Crippen LogP contribution is -2.37. The average Bonchev–Trinajstić information content (AvgIpc) is 2.53. The Morgan fingerprint density at radius 2 is 1.68 bits per heavy atom.